The van der Waals surface area contributed by atoms with E-state index in [1.807, 2.05) is 29.2 Å². The number of hydrogen-bond acceptors (Lipinski definition) is 5. The standard InChI is InChI=1S/C32H41N3O4/c36-31(37)30(24-11-5-2-6-12-24)34-20-26(28(22-34)23-9-3-1-4-10-23)19-33-17-15-27(16-18-33)35-21-25-13-7-8-14-29(25)39-32(35)38/h1,3-4,7-10,13-14,24,26-28,30H,2,5-6,11-12,15-22H2,(H,36,37)/t26-,28+,30+/m0/s1. The number of aliphatic carboxylic acids is 1. The molecular formula is C32H41N3O4. The monoisotopic (exact) mass is 531 g/mol. The fourth-order valence-corrected chi connectivity index (χ4v) is 7.66. The van der Waals surface area contributed by atoms with Gasteiger partial charge in [-0.25, -0.2) is 4.79 Å². The maximum atomic E-state index is 12.7. The summed E-state index contributed by atoms with van der Waals surface area (Å²) in [6.07, 6.45) is 7.24. The summed E-state index contributed by atoms with van der Waals surface area (Å²) >= 11 is 0. The Morgan fingerprint density at radius 2 is 1.64 bits per heavy atom. The van der Waals surface area contributed by atoms with Gasteiger partial charge in [-0.1, -0.05) is 67.8 Å². The van der Waals surface area contributed by atoms with E-state index in [1.54, 1.807) is 0 Å². The van der Waals surface area contributed by atoms with E-state index >= 15 is 0 Å². The first kappa shape index (κ1) is 26.3. The number of para-hydroxylation sites is 1. The van der Waals surface area contributed by atoms with Gasteiger partial charge < -0.3 is 19.6 Å². The summed E-state index contributed by atoms with van der Waals surface area (Å²) in [5, 5.41) is 10.3. The molecule has 0 bridgehead atoms. The molecule has 1 N–H and O–H groups in total. The van der Waals surface area contributed by atoms with Crippen LogP contribution in [0.5, 0.6) is 5.75 Å². The number of carboxylic acid groups (broad SMARTS) is 1. The first-order valence-corrected chi connectivity index (χ1v) is 14.9. The molecule has 0 spiro atoms. The lowest BCUT2D eigenvalue weighted by Gasteiger charge is -2.40. The van der Waals surface area contributed by atoms with Gasteiger partial charge in [0.15, 0.2) is 0 Å². The number of hydrogen-bond donors (Lipinski definition) is 1. The fraction of sp³-hybridized carbons (Fsp3) is 0.562. The third-order valence-corrected chi connectivity index (χ3v) is 9.68. The van der Waals surface area contributed by atoms with Gasteiger partial charge in [0.25, 0.3) is 0 Å². The van der Waals surface area contributed by atoms with Gasteiger partial charge >= 0.3 is 12.1 Å². The molecule has 39 heavy (non-hydrogen) atoms. The number of ether oxygens (including phenoxy) is 1. The molecule has 3 aliphatic heterocycles. The molecule has 1 aliphatic carbocycles. The molecule has 6 rings (SSSR count). The highest BCUT2D eigenvalue weighted by Crippen LogP contribution is 2.39. The number of rotatable bonds is 7. The molecular weight excluding hydrogens is 490 g/mol. The highest BCUT2D eigenvalue weighted by molar-refractivity contribution is 5.74. The Kier molecular flexibility index (Phi) is 7.89. The van der Waals surface area contributed by atoms with Crippen molar-refractivity contribution in [1.82, 2.24) is 14.7 Å². The van der Waals surface area contributed by atoms with E-state index in [4.69, 9.17) is 4.74 Å². The van der Waals surface area contributed by atoms with E-state index < -0.39 is 5.97 Å². The normalized spacial score (nSPS) is 26.3. The van der Waals surface area contributed by atoms with E-state index in [2.05, 4.69) is 40.1 Å². The molecule has 2 aromatic carbocycles. The smallest absolute Gasteiger partial charge is 0.415 e. The molecule has 0 unspecified atom stereocenters. The molecule has 0 aromatic heterocycles. The SMILES string of the molecule is O=C(O)[C@@H](C1CCCCC1)N1C[C@H](CN2CCC(N3Cc4ccccc4OC3=O)CC2)[C@@H](c2ccccc2)C1. The van der Waals surface area contributed by atoms with Crippen LogP contribution in [0.2, 0.25) is 0 Å². The Hall–Kier alpha value is -2.90. The van der Waals surface area contributed by atoms with Crippen LogP contribution in [0.1, 0.15) is 62.0 Å². The van der Waals surface area contributed by atoms with E-state index in [-0.39, 0.29) is 24.1 Å². The highest BCUT2D eigenvalue weighted by Gasteiger charge is 2.43. The summed E-state index contributed by atoms with van der Waals surface area (Å²) in [5.74, 6) is 1.02. The summed E-state index contributed by atoms with van der Waals surface area (Å²) in [5.41, 5.74) is 2.39. The topological polar surface area (TPSA) is 73.3 Å². The Labute approximate surface area is 231 Å². The number of amides is 1. The number of piperidine rings is 1. The zero-order chi connectivity index (χ0) is 26.8. The first-order valence-electron chi connectivity index (χ1n) is 14.9. The molecule has 1 amide bonds. The van der Waals surface area contributed by atoms with Crippen molar-refractivity contribution in [2.45, 2.75) is 69.5 Å². The van der Waals surface area contributed by atoms with Crippen LogP contribution in [-0.4, -0.2) is 76.7 Å². The Morgan fingerprint density at radius 3 is 2.38 bits per heavy atom. The number of benzene rings is 2. The minimum absolute atomic E-state index is 0.190. The maximum absolute atomic E-state index is 12.7. The lowest BCUT2D eigenvalue weighted by Crippen LogP contribution is -2.50. The molecule has 2 aromatic rings. The third-order valence-electron chi connectivity index (χ3n) is 9.68. The zero-order valence-electron chi connectivity index (χ0n) is 22.8. The van der Waals surface area contributed by atoms with Crippen LogP contribution in [0.4, 0.5) is 4.79 Å². The molecule has 3 atom stereocenters. The molecule has 0 radical (unpaired) electrons. The molecule has 7 nitrogen and oxygen atoms in total. The van der Waals surface area contributed by atoms with Crippen LogP contribution in [-0.2, 0) is 11.3 Å². The maximum Gasteiger partial charge on any atom is 0.415 e. The van der Waals surface area contributed by atoms with Crippen LogP contribution in [0.25, 0.3) is 0 Å². The molecule has 4 aliphatic rings. The van der Waals surface area contributed by atoms with Crippen LogP contribution < -0.4 is 4.74 Å². The predicted molar refractivity (Wildman–Crippen MR) is 150 cm³/mol. The molecule has 208 valence electrons. The summed E-state index contributed by atoms with van der Waals surface area (Å²) in [7, 11) is 0. The molecule has 3 fully saturated rings. The van der Waals surface area contributed by atoms with Crippen molar-refractivity contribution in [3.8, 4) is 5.75 Å². The molecule has 7 heteroatoms. The van der Waals surface area contributed by atoms with Gasteiger partial charge in [-0.15, -0.1) is 0 Å². The first-order chi connectivity index (χ1) is 19.1. The zero-order valence-corrected chi connectivity index (χ0v) is 22.8. The van der Waals surface area contributed by atoms with E-state index in [0.717, 1.165) is 76.8 Å². The van der Waals surface area contributed by atoms with Crippen molar-refractivity contribution >= 4 is 12.1 Å². The molecule has 3 heterocycles. The van der Waals surface area contributed by atoms with Crippen LogP contribution in [0.15, 0.2) is 54.6 Å². The van der Waals surface area contributed by atoms with Crippen LogP contribution >= 0.6 is 0 Å². The number of likely N-dealkylation sites (tertiary alicyclic amines) is 2. The van der Waals surface area contributed by atoms with E-state index in [0.29, 0.717) is 24.1 Å². The minimum atomic E-state index is -0.648. The number of fused-ring (bicyclic) bond motifs is 1. The van der Waals surface area contributed by atoms with Crippen molar-refractivity contribution in [2.75, 3.05) is 32.7 Å². The second kappa shape index (κ2) is 11.7. The van der Waals surface area contributed by atoms with Crippen molar-refractivity contribution in [3.63, 3.8) is 0 Å². The third kappa shape index (κ3) is 5.71. The minimum Gasteiger partial charge on any atom is -0.480 e. The van der Waals surface area contributed by atoms with Crippen molar-refractivity contribution < 1.29 is 19.4 Å². The summed E-state index contributed by atoms with van der Waals surface area (Å²) < 4.78 is 5.62. The highest BCUT2D eigenvalue weighted by atomic mass is 16.6. The fourth-order valence-electron chi connectivity index (χ4n) is 7.66. The van der Waals surface area contributed by atoms with Crippen molar-refractivity contribution in [1.29, 1.82) is 0 Å². The van der Waals surface area contributed by atoms with Gasteiger partial charge in [0.1, 0.15) is 11.8 Å². The van der Waals surface area contributed by atoms with Crippen molar-refractivity contribution in [2.24, 2.45) is 11.8 Å². The lowest BCUT2D eigenvalue weighted by molar-refractivity contribution is -0.145. The summed E-state index contributed by atoms with van der Waals surface area (Å²) in [6.45, 7) is 5.12. The number of carbonyl (C=O) groups is 2. The Bertz CT molecular complexity index is 1140. The van der Waals surface area contributed by atoms with E-state index in [9.17, 15) is 14.7 Å². The largest absolute Gasteiger partial charge is 0.480 e. The van der Waals surface area contributed by atoms with Gasteiger partial charge in [-0.05, 0) is 49.1 Å². The molecule has 2 saturated heterocycles. The van der Waals surface area contributed by atoms with Gasteiger partial charge in [0.2, 0.25) is 0 Å². The van der Waals surface area contributed by atoms with E-state index in [1.165, 1.54) is 12.0 Å². The average molecular weight is 532 g/mol. The lowest BCUT2D eigenvalue weighted by atomic mass is 9.83. The second-order valence-electron chi connectivity index (χ2n) is 12.0. The summed E-state index contributed by atoms with van der Waals surface area (Å²) in [6, 6.07) is 18.3. The number of carboxylic acids is 1. The quantitative estimate of drug-likeness (QED) is 0.529. The second-order valence-corrected chi connectivity index (χ2v) is 12.0. The predicted octanol–water partition coefficient (Wildman–Crippen LogP) is 5.21. The van der Waals surface area contributed by atoms with Crippen molar-refractivity contribution in [3.05, 3.63) is 65.7 Å². The van der Waals surface area contributed by atoms with Gasteiger partial charge in [0.05, 0.1) is 6.54 Å². The van der Waals surface area contributed by atoms with Gasteiger partial charge in [-0.3, -0.25) is 9.69 Å². The van der Waals surface area contributed by atoms with Crippen LogP contribution in [0.3, 0.4) is 0 Å². The average Bonchev–Trinajstić information content (AvgIpc) is 3.37. The molecule has 1 saturated carbocycles. The van der Waals surface area contributed by atoms with Crippen LogP contribution in [0, 0.1) is 11.8 Å². The number of carbonyl (C=O) groups excluding carboxylic acids is 1. The Balaban J connectivity index is 1.12. The summed E-state index contributed by atoms with van der Waals surface area (Å²) in [4.78, 5) is 32.0. The van der Waals surface area contributed by atoms with Gasteiger partial charge in [0, 0.05) is 50.2 Å². The number of nitrogens with zero attached hydrogens (tertiary/aromatic N) is 3. The van der Waals surface area contributed by atoms with Gasteiger partial charge in [-0.2, -0.15) is 0 Å². The Morgan fingerprint density at radius 1 is 0.923 bits per heavy atom.